The number of rotatable bonds is 6. The fraction of sp³-hybridized carbons (Fsp3) is 0.462. The van der Waals surface area contributed by atoms with Crippen LogP contribution in [0.3, 0.4) is 0 Å². The van der Waals surface area contributed by atoms with Crippen molar-refractivity contribution in [3.63, 3.8) is 0 Å². The molecule has 0 radical (unpaired) electrons. The Kier molecular flexibility index (Phi) is 4.68. The van der Waals surface area contributed by atoms with E-state index >= 15 is 0 Å². The van der Waals surface area contributed by atoms with E-state index in [1.807, 2.05) is 24.4 Å². The molecule has 0 amide bonds. The highest BCUT2D eigenvalue weighted by Crippen LogP contribution is 2.26. The van der Waals surface area contributed by atoms with E-state index in [1.54, 1.807) is 6.92 Å². The molecule has 0 spiro atoms. The largest absolute Gasteiger partial charge is 0.465 e. The van der Waals surface area contributed by atoms with Crippen LogP contribution >= 0.6 is 11.3 Å². The molecule has 0 saturated heterocycles. The fourth-order valence-corrected chi connectivity index (χ4v) is 2.41. The Morgan fingerprint density at radius 2 is 2.37 bits per heavy atom. The quantitative estimate of drug-likeness (QED) is 0.760. The predicted octanol–water partition coefficient (Wildman–Crippen LogP) is 3.24. The van der Waals surface area contributed by atoms with Crippen molar-refractivity contribution in [2.75, 3.05) is 6.61 Å². The molecule has 19 heavy (non-hydrogen) atoms. The lowest BCUT2D eigenvalue weighted by molar-refractivity contribution is -0.145. The van der Waals surface area contributed by atoms with E-state index in [0.717, 1.165) is 11.3 Å². The van der Waals surface area contributed by atoms with Crippen LogP contribution in [0.4, 0.5) is 0 Å². The van der Waals surface area contributed by atoms with Crippen molar-refractivity contribution in [2.45, 2.75) is 32.6 Å². The van der Waals surface area contributed by atoms with Gasteiger partial charge in [0.2, 0.25) is 11.7 Å². The summed E-state index contributed by atoms with van der Waals surface area (Å²) in [4.78, 5) is 17.1. The summed E-state index contributed by atoms with van der Waals surface area (Å²) >= 11 is 1.53. The molecule has 5 nitrogen and oxygen atoms in total. The molecule has 0 aromatic carbocycles. The van der Waals surface area contributed by atoms with E-state index in [4.69, 9.17) is 9.26 Å². The molecule has 0 aliphatic carbocycles. The lowest BCUT2D eigenvalue weighted by atomic mass is 10.0. The van der Waals surface area contributed by atoms with Gasteiger partial charge in [-0.3, -0.25) is 4.79 Å². The van der Waals surface area contributed by atoms with E-state index in [2.05, 4.69) is 10.1 Å². The van der Waals surface area contributed by atoms with Crippen LogP contribution in [-0.2, 0) is 9.53 Å². The zero-order valence-electron chi connectivity index (χ0n) is 11.0. The summed E-state index contributed by atoms with van der Waals surface area (Å²) in [5.74, 6) is 0.0935. The fourth-order valence-electron chi connectivity index (χ4n) is 1.76. The average molecular weight is 280 g/mol. The van der Waals surface area contributed by atoms with Crippen LogP contribution in [0.2, 0.25) is 0 Å². The van der Waals surface area contributed by atoms with Gasteiger partial charge < -0.3 is 9.26 Å². The second-order valence-electron chi connectivity index (χ2n) is 4.03. The molecule has 0 aliphatic heterocycles. The van der Waals surface area contributed by atoms with E-state index in [1.165, 1.54) is 11.3 Å². The summed E-state index contributed by atoms with van der Waals surface area (Å²) < 4.78 is 10.3. The Hall–Kier alpha value is -1.69. The summed E-state index contributed by atoms with van der Waals surface area (Å²) in [7, 11) is 0. The normalized spacial score (nSPS) is 12.3. The third kappa shape index (κ3) is 3.20. The first kappa shape index (κ1) is 13.7. The van der Waals surface area contributed by atoms with Gasteiger partial charge in [0.05, 0.1) is 11.5 Å². The topological polar surface area (TPSA) is 65.2 Å². The van der Waals surface area contributed by atoms with Crippen molar-refractivity contribution in [3.8, 4) is 10.7 Å². The van der Waals surface area contributed by atoms with Crippen LogP contribution in [0.5, 0.6) is 0 Å². The van der Waals surface area contributed by atoms with Gasteiger partial charge in [-0.1, -0.05) is 24.6 Å². The Morgan fingerprint density at radius 3 is 3.00 bits per heavy atom. The molecular weight excluding hydrogens is 264 g/mol. The maximum Gasteiger partial charge on any atom is 0.318 e. The second-order valence-corrected chi connectivity index (χ2v) is 4.97. The number of esters is 1. The monoisotopic (exact) mass is 280 g/mol. The first-order chi connectivity index (χ1) is 9.26. The lowest BCUT2D eigenvalue weighted by Gasteiger charge is -2.09. The van der Waals surface area contributed by atoms with Crippen LogP contribution in [-0.4, -0.2) is 22.7 Å². The third-order valence-corrected chi connectivity index (χ3v) is 3.50. The molecular formula is C13H16N2O3S. The molecule has 0 bridgehead atoms. The first-order valence-corrected chi connectivity index (χ1v) is 7.18. The highest BCUT2D eigenvalue weighted by atomic mass is 32.1. The van der Waals surface area contributed by atoms with Gasteiger partial charge >= 0.3 is 5.97 Å². The molecule has 2 heterocycles. The van der Waals surface area contributed by atoms with Crippen molar-refractivity contribution < 1.29 is 14.1 Å². The third-order valence-electron chi connectivity index (χ3n) is 2.63. The molecule has 0 N–H and O–H groups in total. The maximum absolute atomic E-state index is 11.9. The zero-order valence-corrected chi connectivity index (χ0v) is 11.8. The molecule has 2 aromatic heterocycles. The van der Waals surface area contributed by atoms with Crippen molar-refractivity contribution in [1.29, 1.82) is 0 Å². The summed E-state index contributed by atoms with van der Waals surface area (Å²) in [6, 6.07) is 3.84. The van der Waals surface area contributed by atoms with Crippen molar-refractivity contribution in [3.05, 3.63) is 23.4 Å². The van der Waals surface area contributed by atoms with Gasteiger partial charge in [0.25, 0.3) is 0 Å². The summed E-state index contributed by atoms with van der Waals surface area (Å²) in [5, 5.41) is 5.87. The van der Waals surface area contributed by atoms with Crippen LogP contribution in [0.15, 0.2) is 22.0 Å². The van der Waals surface area contributed by atoms with Crippen LogP contribution in [0, 0.1) is 0 Å². The number of thiophene rings is 1. The Balaban J connectivity index is 2.20. The molecule has 1 unspecified atom stereocenters. The van der Waals surface area contributed by atoms with Gasteiger partial charge in [-0.05, 0) is 24.8 Å². The van der Waals surface area contributed by atoms with E-state index in [0.29, 0.717) is 24.7 Å². The highest BCUT2D eigenvalue weighted by molar-refractivity contribution is 7.13. The first-order valence-electron chi connectivity index (χ1n) is 6.30. The summed E-state index contributed by atoms with van der Waals surface area (Å²) in [5.41, 5.74) is 0. The number of hydrogen-bond donors (Lipinski definition) is 0. The molecule has 0 fully saturated rings. The Morgan fingerprint density at radius 1 is 1.53 bits per heavy atom. The number of nitrogens with zero attached hydrogens (tertiary/aromatic N) is 2. The van der Waals surface area contributed by atoms with E-state index in [9.17, 15) is 4.79 Å². The van der Waals surface area contributed by atoms with Gasteiger partial charge in [0.15, 0.2) is 0 Å². The van der Waals surface area contributed by atoms with E-state index in [-0.39, 0.29) is 5.97 Å². The highest BCUT2D eigenvalue weighted by Gasteiger charge is 2.27. The lowest BCUT2D eigenvalue weighted by Crippen LogP contribution is -2.16. The molecule has 0 aliphatic rings. The van der Waals surface area contributed by atoms with Gasteiger partial charge in [-0.2, -0.15) is 4.98 Å². The standard InChI is InChI=1S/C13H16N2O3S/c1-3-6-9(13(16)17-4-2)12-14-11(15-18-12)10-7-5-8-19-10/h5,7-9H,3-4,6H2,1-2H3. The van der Waals surface area contributed by atoms with Crippen LogP contribution < -0.4 is 0 Å². The maximum atomic E-state index is 11.9. The average Bonchev–Trinajstić information content (AvgIpc) is 3.06. The minimum Gasteiger partial charge on any atom is -0.465 e. The van der Waals surface area contributed by atoms with Gasteiger partial charge in [0.1, 0.15) is 5.92 Å². The summed E-state index contributed by atoms with van der Waals surface area (Å²) in [6.45, 7) is 4.14. The number of hydrogen-bond acceptors (Lipinski definition) is 6. The molecule has 6 heteroatoms. The minimum atomic E-state index is -0.467. The van der Waals surface area contributed by atoms with Gasteiger partial charge in [0, 0.05) is 0 Å². The SMILES string of the molecule is CCCC(C(=O)OCC)c1nc(-c2cccs2)no1. The Bertz CT molecular complexity index is 522. The number of ether oxygens (including phenoxy) is 1. The Labute approximate surface area is 115 Å². The smallest absolute Gasteiger partial charge is 0.318 e. The van der Waals surface area contributed by atoms with Crippen LogP contribution in [0.25, 0.3) is 10.7 Å². The zero-order chi connectivity index (χ0) is 13.7. The minimum absolute atomic E-state index is 0.300. The molecule has 2 aromatic rings. The van der Waals surface area contributed by atoms with Crippen molar-refractivity contribution >= 4 is 17.3 Å². The number of carbonyl (C=O) groups excluding carboxylic acids is 1. The number of carbonyl (C=O) groups is 1. The van der Waals surface area contributed by atoms with Crippen LogP contribution in [0.1, 0.15) is 38.5 Å². The van der Waals surface area contributed by atoms with Gasteiger partial charge in [-0.15, -0.1) is 11.3 Å². The molecule has 0 saturated carbocycles. The predicted molar refractivity (Wildman–Crippen MR) is 71.9 cm³/mol. The van der Waals surface area contributed by atoms with Crippen molar-refractivity contribution in [2.24, 2.45) is 0 Å². The molecule has 2 rings (SSSR count). The summed E-state index contributed by atoms with van der Waals surface area (Å²) in [6.07, 6.45) is 1.49. The molecule has 102 valence electrons. The van der Waals surface area contributed by atoms with Crippen molar-refractivity contribution in [1.82, 2.24) is 10.1 Å². The second kappa shape index (κ2) is 6.47. The van der Waals surface area contributed by atoms with E-state index < -0.39 is 5.92 Å². The number of aromatic nitrogens is 2. The molecule has 1 atom stereocenters. The van der Waals surface area contributed by atoms with Gasteiger partial charge in [-0.25, -0.2) is 0 Å².